The summed E-state index contributed by atoms with van der Waals surface area (Å²) < 4.78 is 0. The number of nitrogens with zero attached hydrogens (tertiary/aromatic N) is 3. The lowest BCUT2D eigenvalue weighted by Crippen LogP contribution is -2.46. The second-order valence-corrected chi connectivity index (χ2v) is 6.75. The maximum Gasteiger partial charge on any atom is 0.0730 e. The molecule has 0 N–H and O–H groups in total. The molecular formula is C18H27N3. The number of rotatable bonds is 2. The molecule has 2 atom stereocenters. The predicted octanol–water partition coefficient (Wildman–Crippen LogP) is 2.81. The van der Waals surface area contributed by atoms with Gasteiger partial charge in [0.15, 0.2) is 0 Å². The highest BCUT2D eigenvalue weighted by Gasteiger charge is 2.32. The molecule has 114 valence electrons. The van der Waals surface area contributed by atoms with Gasteiger partial charge in [0, 0.05) is 39.1 Å². The standard InChI is InChI=1S/C18H27N3/c1-14(2)15-6-10-20-8-5-9-21-11-7-16(19(3)4)13-18(21)17(20)12-15/h6-7,10-14,17-18H,5,8-9H2,1-4H3. The molecule has 3 rings (SSSR count). The second kappa shape index (κ2) is 5.63. The van der Waals surface area contributed by atoms with Crippen LogP contribution in [-0.4, -0.2) is 54.0 Å². The molecule has 3 heteroatoms. The maximum atomic E-state index is 2.51. The van der Waals surface area contributed by atoms with Crippen LogP contribution in [0.3, 0.4) is 0 Å². The van der Waals surface area contributed by atoms with E-state index in [-0.39, 0.29) is 0 Å². The van der Waals surface area contributed by atoms with Crippen LogP contribution in [-0.2, 0) is 0 Å². The van der Waals surface area contributed by atoms with Crippen molar-refractivity contribution in [2.45, 2.75) is 32.4 Å². The number of hydrogen-bond acceptors (Lipinski definition) is 3. The smallest absolute Gasteiger partial charge is 0.0730 e. The average Bonchev–Trinajstić information content (AvgIpc) is 2.65. The van der Waals surface area contributed by atoms with E-state index in [4.69, 9.17) is 0 Å². The van der Waals surface area contributed by atoms with Crippen LogP contribution in [0.1, 0.15) is 20.3 Å². The summed E-state index contributed by atoms with van der Waals surface area (Å²) in [4.78, 5) is 7.22. The molecule has 0 amide bonds. The van der Waals surface area contributed by atoms with Crippen molar-refractivity contribution in [1.82, 2.24) is 14.7 Å². The van der Waals surface area contributed by atoms with Crippen LogP contribution < -0.4 is 0 Å². The summed E-state index contributed by atoms with van der Waals surface area (Å²) in [6, 6.07) is 0.892. The van der Waals surface area contributed by atoms with Gasteiger partial charge in [-0.15, -0.1) is 0 Å². The van der Waals surface area contributed by atoms with Crippen LogP contribution in [0.5, 0.6) is 0 Å². The van der Waals surface area contributed by atoms with Crippen LogP contribution in [0.2, 0.25) is 0 Å². The highest BCUT2D eigenvalue weighted by atomic mass is 15.3. The Morgan fingerprint density at radius 3 is 2.24 bits per heavy atom. The Balaban J connectivity index is 1.94. The van der Waals surface area contributed by atoms with Crippen molar-refractivity contribution in [1.29, 1.82) is 0 Å². The Hall–Kier alpha value is -1.64. The molecule has 2 unspecified atom stereocenters. The average molecular weight is 285 g/mol. The zero-order valence-corrected chi connectivity index (χ0v) is 13.7. The first-order chi connectivity index (χ1) is 10.1. The third-order valence-corrected chi connectivity index (χ3v) is 4.73. The molecule has 3 aliphatic heterocycles. The minimum absolute atomic E-state index is 0.439. The first-order valence-corrected chi connectivity index (χ1v) is 8.05. The van der Waals surface area contributed by atoms with E-state index in [1.54, 1.807) is 0 Å². The molecule has 0 aromatic heterocycles. The monoisotopic (exact) mass is 285 g/mol. The molecule has 3 heterocycles. The molecule has 0 spiro atoms. The Morgan fingerprint density at radius 2 is 1.62 bits per heavy atom. The first-order valence-electron chi connectivity index (χ1n) is 8.05. The van der Waals surface area contributed by atoms with Gasteiger partial charge in [0.05, 0.1) is 12.1 Å². The molecule has 0 saturated carbocycles. The van der Waals surface area contributed by atoms with E-state index in [0.717, 1.165) is 13.1 Å². The van der Waals surface area contributed by atoms with Gasteiger partial charge in [0.2, 0.25) is 0 Å². The summed E-state index contributed by atoms with van der Waals surface area (Å²) in [5.41, 5.74) is 2.78. The quantitative estimate of drug-likeness (QED) is 0.772. The molecule has 0 aromatic carbocycles. The first kappa shape index (κ1) is 14.3. The Bertz CT molecular complexity index is 465. The molecule has 1 fully saturated rings. The zero-order chi connectivity index (χ0) is 15.0. The molecule has 0 bridgehead atoms. The van der Waals surface area contributed by atoms with E-state index in [2.05, 4.69) is 79.3 Å². The summed E-state index contributed by atoms with van der Waals surface area (Å²) in [7, 11) is 4.24. The molecule has 3 aliphatic rings. The van der Waals surface area contributed by atoms with Crippen LogP contribution in [0.4, 0.5) is 0 Å². The third kappa shape index (κ3) is 2.74. The largest absolute Gasteiger partial charge is 0.378 e. The summed E-state index contributed by atoms with van der Waals surface area (Å²) in [6.07, 6.45) is 15.3. The maximum absolute atomic E-state index is 2.51. The van der Waals surface area contributed by atoms with Gasteiger partial charge in [-0.3, -0.25) is 0 Å². The van der Waals surface area contributed by atoms with Crippen molar-refractivity contribution in [2.75, 3.05) is 27.2 Å². The normalized spacial score (nSPS) is 27.9. The lowest BCUT2D eigenvalue weighted by atomic mass is 9.92. The van der Waals surface area contributed by atoms with Gasteiger partial charge in [0.25, 0.3) is 0 Å². The molecule has 0 radical (unpaired) electrons. The number of likely N-dealkylation sites (N-methyl/N-ethyl adjacent to an activating group) is 1. The van der Waals surface area contributed by atoms with Gasteiger partial charge in [-0.25, -0.2) is 0 Å². The molecule has 3 nitrogen and oxygen atoms in total. The summed E-state index contributed by atoms with van der Waals surface area (Å²) in [5, 5.41) is 0. The molecular weight excluding hydrogens is 258 g/mol. The van der Waals surface area contributed by atoms with Crippen molar-refractivity contribution in [3.05, 3.63) is 48.0 Å². The Morgan fingerprint density at radius 1 is 1.00 bits per heavy atom. The zero-order valence-electron chi connectivity index (χ0n) is 13.7. The van der Waals surface area contributed by atoms with Gasteiger partial charge in [0.1, 0.15) is 0 Å². The van der Waals surface area contributed by atoms with Crippen molar-refractivity contribution in [3.63, 3.8) is 0 Å². The fourth-order valence-electron chi connectivity index (χ4n) is 3.38. The van der Waals surface area contributed by atoms with E-state index in [1.807, 2.05) is 0 Å². The molecule has 1 saturated heterocycles. The van der Waals surface area contributed by atoms with Crippen molar-refractivity contribution in [3.8, 4) is 0 Å². The Kier molecular flexibility index (Phi) is 3.83. The van der Waals surface area contributed by atoms with Gasteiger partial charge >= 0.3 is 0 Å². The molecule has 21 heavy (non-hydrogen) atoms. The fourth-order valence-corrected chi connectivity index (χ4v) is 3.38. The third-order valence-electron chi connectivity index (χ3n) is 4.73. The highest BCUT2D eigenvalue weighted by Crippen LogP contribution is 2.29. The van der Waals surface area contributed by atoms with E-state index in [9.17, 15) is 0 Å². The predicted molar refractivity (Wildman–Crippen MR) is 88.6 cm³/mol. The minimum Gasteiger partial charge on any atom is -0.378 e. The van der Waals surface area contributed by atoms with Crippen LogP contribution in [0, 0.1) is 5.92 Å². The van der Waals surface area contributed by atoms with E-state index >= 15 is 0 Å². The summed E-state index contributed by atoms with van der Waals surface area (Å²) in [6.45, 7) is 6.85. The van der Waals surface area contributed by atoms with Crippen LogP contribution >= 0.6 is 0 Å². The SMILES string of the molecule is CC(C)C1=CC2C3C=C(N(C)C)C=CN3CCCN2C=C1. The van der Waals surface area contributed by atoms with Gasteiger partial charge in [-0.05, 0) is 42.3 Å². The number of allylic oxidation sites excluding steroid dienone is 3. The lowest BCUT2D eigenvalue weighted by Gasteiger charge is -2.40. The van der Waals surface area contributed by atoms with Gasteiger partial charge in [-0.1, -0.05) is 19.9 Å². The number of hydrogen-bond donors (Lipinski definition) is 0. The molecule has 0 aromatic rings. The number of fused-ring (bicyclic) bond motifs is 3. The molecule has 0 aliphatic carbocycles. The topological polar surface area (TPSA) is 9.72 Å². The van der Waals surface area contributed by atoms with Gasteiger partial charge < -0.3 is 14.7 Å². The van der Waals surface area contributed by atoms with Crippen molar-refractivity contribution in [2.24, 2.45) is 5.92 Å². The fraction of sp³-hybridized carbons (Fsp3) is 0.556. The Labute approximate surface area is 128 Å². The second-order valence-electron chi connectivity index (χ2n) is 6.75. The van der Waals surface area contributed by atoms with E-state index < -0.39 is 0 Å². The van der Waals surface area contributed by atoms with Gasteiger partial charge in [-0.2, -0.15) is 0 Å². The van der Waals surface area contributed by atoms with Crippen molar-refractivity contribution >= 4 is 0 Å². The summed E-state index contributed by atoms with van der Waals surface area (Å²) in [5.74, 6) is 0.594. The lowest BCUT2D eigenvalue weighted by molar-refractivity contribution is 0.241. The highest BCUT2D eigenvalue weighted by molar-refractivity contribution is 5.33. The summed E-state index contributed by atoms with van der Waals surface area (Å²) >= 11 is 0. The minimum atomic E-state index is 0.439. The van der Waals surface area contributed by atoms with Crippen LogP contribution in [0.25, 0.3) is 0 Å². The van der Waals surface area contributed by atoms with Crippen molar-refractivity contribution < 1.29 is 0 Å². The van der Waals surface area contributed by atoms with E-state index in [1.165, 1.54) is 17.7 Å². The van der Waals surface area contributed by atoms with E-state index in [0.29, 0.717) is 18.0 Å². The van der Waals surface area contributed by atoms with Crippen LogP contribution in [0.15, 0.2) is 48.0 Å².